The zero-order valence-corrected chi connectivity index (χ0v) is 16.3. The number of ether oxygens (including phenoxy) is 1. The number of amides is 2. The maximum Gasteiger partial charge on any atom is 0.414 e. The van der Waals surface area contributed by atoms with Gasteiger partial charge in [0.1, 0.15) is 24.3 Å². The van der Waals surface area contributed by atoms with E-state index in [9.17, 15) is 18.4 Å². The van der Waals surface area contributed by atoms with Crippen LogP contribution in [0.25, 0.3) is 5.57 Å². The van der Waals surface area contributed by atoms with Gasteiger partial charge in [-0.3, -0.25) is 9.69 Å². The lowest BCUT2D eigenvalue weighted by Crippen LogP contribution is -2.36. The molecular formula is C19H19F2N5O5. The highest BCUT2D eigenvalue weighted by Gasteiger charge is 2.33. The molecule has 164 valence electrons. The van der Waals surface area contributed by atoms with Gasteiger partial charge >= 0.3 is 6.09 Å². The van der Waals surface area contributed by atoms with Gasteiger partial charge in [-0.15, -0.1) is 0 Å². The van der Waals surface area contributed by atoms with Crippen LogP contribution in [-0.2, 0) is 9.53 Å². The van der Waals surface area contributed by atoms with E-state index in [2.05, 4.69) is 20.0 Å². The minimum atomic E-state index is -0.815. The van der Waals surface area contributed by atoms with Crippen molar-refractivity contribution in [1.29, 1.82) is 0 Å². The average molecular weight is 435 g/mol. The maximum atomic E-state index is 14.8. The molecule has 1 aromatic carbocycles. The van der Waals surface area contributed by atoms with E-state index in [1.54, 1.807) is 6.08 Å². The first-order valence-corrected chi connectivity index (χ1v) is 9.51. The third-order valence-corrected chi connectivity index (χ3v) is 5.08. The minimum absolute atomic E-state index is 0.0410. The van der Waals surface area contributed by atoms with Crippen molar-refractivity contribution in [2.24, 2.45) is 0 Å². The molecule has 2 aromatic rings. The third kappa shape index (κ3) is 4.33. The van der Waals surface area contributed by atoms with E-state index in [0.29, 0.717) is 5.57 Å². The number of hydrogen-bond donors (Lipinski definition) is 2. The number of cyclic esters (lactones) is 1. The Labute approximate surface area is 175 Å². The number of benzene rings is 1. The van der Waals surface area contributed by atoms with Crippen LogP contribution in [0.1, 0.15) is 12.0 Å². The van der Waals surface area contributed by atoms with Gasteiger partial charge in [-0.25, -0.2) is 13.6 Å². The van der Waals surface area contributed by atoms with Gasteiger partial charge in [0.05, 0.1) is 18.8 Å². The Morgan fingerprint density at radius 3 is 2.71 bits per heavy atom. The molecule has 4 rings (SSSR count). The van der Waals surface area contributed by atoms with Gasteiger partial charge in [0.15, 0.2) is 0 Å². The van der Waals surface area contributed by atoms with Gasteiger partial charge < -0.3 is 24.6 Å². The van der Waals surface area contributed by atoms with E-state index >= 15 is 0 Å². The number of aliphatic hydroxyl groups excluding tert-OH is 1. The van der Waals surface area contributed by atoms with Crippen LogP contribution in [-0.4, -0.2) is 71.0 Å². The summed E-state index contributed by atoms with van der Waals surface area (Å²) in [6.45, 7) is 0.0734. The van der Waals surface area contributed by atoms with Gasteiger partial charge in [0, 0.05) is 18.7 Å². The van der Waals surface area contributed by atoms with E-state index < -0.39 is 36.3 Å². The third-order valence-electron chi connectivity index (χ3n) is 5.08. The first-order chi connectivity index (χ1) is 15.0. The molecule has 1 aromatic heterocycles. The smallest absolute Gasteiger partial charge is 0.414 e. The Balaban J connectivity index is 1.46. The second kappa shape index (κ2) is 8.68. The summed E-state index contributed by atoms with van der Waals surface area (Å²) in [6, 6.07) is 2.17. The fourth-order valence-electron chi connectivity index (χ4n) is 3.54. The zero-order valence-electron chi connectivity index (χ0n) is 16.3. The molecule has 0 spiro atoms. The summed E-state index contributed by atoms with van der Waals surface area (Å²) in [4.78, 5) is 30.1. The normalized spacial score (nSPS) is 18.7. The maximum absolute atomic E-state index is 14.8. The van der Waals surface area contributed by atoms with Gasteiger partial charge in [-0.05, 0) is 29.3 Å². The van der Waals surface area contributed by atoms with Crippen LogP contribution in [0, 0.1) is 11.6 Å². The molecule has 2 N–H and O–H groups in total. The fourth-order valence-corrected chi connectivity index (χ4v) is 3.54. The number of nitrogens with zero attached hydrogens (tertiary/aromatic N) is 4. The van der Waals surface area contributed by atoms with Gasteiger partial charge in [0.2, 0.25) is 12.3 Å². The van der Waals surface area contributed by atoms with Crippen molar-refractivity contribution in [3.63, 3.8) is 0 Å². The first kappa shape index (κ1) is 20.7. The van der Waals surface area contributed by atoms with Crippen LogP contribution in [0.5, 0.6) is 0 Å². The number of aromatic nitrogens is 2. The second-order valence-corrected chi connectivity index (χ2v) is 7.01. The number of carbonyl (C=O) groups excluding carboxylic acids is 2. The lowest BCUT2D eigenvalue weighted by molar-refractivity contribution is -0.133. The number of aliphatic hydroxyl groups is 1. The van der Waals surface area contributed by atoms with Crippen molar-refractivity contribution in [2.75, 3.05) is 43.0 Å². The molecule has 2 amide bonds. The van der Waals surface area contributed by atoms with Gasteiger partial charge in [0.25, 0.3) is 5.95 Å². The molecule has 31 heavy (non-hydrogen) atoms. The molecule has 0 radical (unpaired) electrons. The lowest BCUT2D eigenvalue weighted by Gasteiger charge is -2.26. The van der Waals surface area contributed by atoms with Gasteiger partial charge in [-0.2, -0.15) is 4.98 Å². The second-order valence-electron chi connectivity index (χ2n) is 7.01. The molecule has 10 nitrogen and oxygen atoms in total. The molecule has 12 heteroatoms. The molecule has 1 fully saturated rings. The van der Waals surface area contributed by atoms with Crippen LogP contribution < -0.4 is 10.2 Å². The molecule has 0 saturated carbocycles. The van der Waals surface area contributed by atoms with Crippen molar-refractivity contribution < 1.29 is 32.7 Å². The summed E-state index contributed by atoms with van der Waals surface area (Å²) in [6.07, 6.45) is 1.65. The molecule has 1 atom stereocenters. The number of halogens is 2. The minimum Gasteiger partial charge on any atom is -0.442 e. The number of nitrogens with one attached hydrogen (secondary N) is 1. The molecule has 2 aliphatic heterocycles. The average Bonchev–Trinajstić information content (AvgIpc) is 3.41. The molecular weight excluding hydrogens is 416 g/mol. The Morgan fingerprint density at radius 2 is 2.10 bits per heavy atom. The summed E-state index contributed by atoms with van der Waals surface area (Å²) in [5.41, 5.74) is 0.275. The predicted octanol–water partition coefficient (Wildman–Crippen LogP) is 1.39. The lowest BCUT2D eigenvalue weighted by atomic mass is 9.97. The van der Waals surface area contributed by atoms with E-state index in [1.807, 2.05) is 0 Å². The molecule has 0 aliphatic carbocycles. The van der Waals surface area contributed by atoms with Crippen molar-refractivity contribution in [3.05, 3.63) is 41.8 Å². The number of anilines is 2. The SMILES string of the molecule is O=C(CO)N1CC=C(c2c(F)cc(N3C[C@H](CNc4ncon4)OC3=O)cc2F)CC1. The van der Waals surface area contributed by atoms with Gasteiger partial charge in [-0.1, -0.05) is 6.08 Å². The highest BCUT2D eigenvalue weighted by Crippen LogP contribution is 2.32. The summed E-state index contributed by atoms with van der Waals surface area (Å²) < 4.78 is 39.4. The van der Waals surface area contributed by atoms with Crippen LogP contribution in [0.2, 0.25) is 0 Å². The van der Waals surface area contributed by atoms with Crippen molar-refractivity contribution in [2.45, 2.75) is 12.5 Å². The first-order valence-electron chi connectivity index (χ1n) is 9.51. The summed E-state index contributed by atoms with van der Waals surface area (Å²) in [5, 5.41) is 15.3. The van der Waals surface area contributed by atoms with Crippen LogP contribution in [0.15, 0.2) is 29.1 Å². The van der Waals surface area contributed by atoms with E-state index in [0.717, 1.165) is 23.4 Å². The Morgan fingerprint density at radius 1 is 1.32 bits per heavy atom. The summed E-state index contributed by atoms with van der Waals surface area (Å²) in [5.74, 6) is -1.84. The van der Waals surface area contributed by atoms with Crippen LogP contribution in [0.4, 0.5) is 25.2 Å². The van der Waals surface area contributed by atoms with E-state index in [1.165, 1.54) is 4.90 Å². The topological polar surface area (TPSA) is 121 Å². The standard InChI is InChI=1S/C19H19F2N5O5/c20-14-5-12(26-8-13(31-19(26)29)7-22-18-23-10-30-24-18)6-15(21)17(14)11-1-3-25(4-2-11)16(28)9-27/h1,5-6,10,13,27H,2-4,7-9H2,(H,22,24)/t13-/m0/s1. The summed E-state index contributed by atoms with van der Waals surface area (Å²) >= 11 is 0. The number of carbonyl (C=O) groups is 2. The zero-order chi connectivity index (χ0) is 22.0. The van der Waals surface area contributed by atoms with Crippen molar-refractivity contribution >= 4 is 29.2 Å². The Bertz CT molecular complexity index is 990. The quantitative estimate of drug-likeness (QED) is 0.699. The van der Waals surface area contributed by atoms with E-state index in [4.69, 9.17) is 9.84 Å². The van der Waals surface area contributed by atoms with Crippen LogP contribution >= 0.6 is 0 Å². The van der Waals surface area contributed by atoms with Crippen LogP contribution in [0.3, 0.4) is 0 Å². The molecule has 2 aliphatic rings. The number of rotatable bonds is 6. The molecule has 0 unspecified atom stereocenters. The Kier molecular flexibility index (Phi) is 5.80. The monoisotopic (exact) mass is 435 g/mol. The van der Waals surface area contributed by atoms with Crippen molar-refractivity contribution in [3.8, 4) is 0 Å². The Hall–Kier alpha value is -3.54. The van der Waals surface area contributed by atoms with Crippen molar-refractivity contribution in [1.82, 2.24) is 15.0 Å². The highest BCUT2D eigenvalue weighted by molar-refractivity contribution is 5.90. The summed E-state index contributed by atoms with van der Waals surface area (Å²) in [7, 11) is 0. The molecule has 1 saturated heterocycles. The molecule has 3 heterocycles. The molecule has 0 bridgehead atoms. The predicted molar refractivity (Wildman–Crippen MR) is 103 cm³/mol. The highest BCUT2D eigenvalue weighted by atomic mass is 19.1. The number of hydrogen-bond acceptors (Lipinski definition) is 8. The largest absolute Gasteiger partial charge is 0.442 e. The van der Waals surface area contributed by atoms with E-state index in [-0.39, 0.29) is 49.8 Å². The fraction of sp³-hybridized carbons (Fsp3) is 0.368.